The van der Waals surface area contributed by atoms with Gasteiger partial charge in [-0.05, 0) is 17.5 Å². The molecule has 0 aromatic heterocycles. The molecule has 1 aliphatic rings. The number of carbonyl (C=O) groups excluding carboxylic acids is 1. The zero-order valence-corrected chi connectivity index (χ0v) is 13.8. The molecule has 2 aromatic rings. The fraction of sp³-hybridized carbons (Fsp3) is 0.118. The van der Waals surface area contributed by atoms with Gasteiger partial charge < -0.3 is 5.32 Å². The summed E-state index contributed by atoms with van der Waals surface area (Å²) in [6, 6.07) is 15.7. The zero-order valence-electron chi connectivity index (χ0n) is 13.0. The van der Waals surface area contributed by atoms with Gasteiger partial charge in [-0.3, -0.25) is 14.9 Å². The Kier molecular flexibility index (Phi) is 5.20. The van der Waals surface area contributed by atoms with E-state index in [0.29, 0.717) is 11.6 Å². The van der Waals surface area contributed by atoms with Crippen LogP contribution in [0.2, 0.25) is 0 Å². The highest BCUT2D eigenvalue weighted by Gasteiger charge is 2.30. The molecule has 1 fully saturated rings. The highest BCUT2D eigenvalue weighted by molar-refractivity contribution is 8.15. The summed E-state index contributed by atoms with van der Waals surface area (Å²) in [5.41, 5.74) is 1.81. The summed E-state index contributed by atoms with van der Waals surface area (Å²) in [6.07, 6.45) is 2.08. The number of benzene rings is 2. The largest absolute Gasteiger partial charge is 0.303 e. The van der Waals surface area contributed by atoms with E-state index in [1.165, 1.54) is 23.9 Å². The number of amidine groups is 1. The first-order valence-electron chi connectivity index (χ1n) is 7.49. The Morgan fingerprint density at radius 2 is 1.88 bits per heavy atom. The first-order valence-corrected chi connectivity index (χ1v) is 8.37. The third-order valence-corrected chi connectivity index (χ3v) is 4.57. The van der Waals surface area contributed by atoms with E-state index >= 15 is 0 Å². The number of amides is 1. The van der Waals surface area contributed by atoms with Gasteiger partial charge in [0.2, 0.25) is 5.91 Å². The second-order valence-corrected chi connectivity index (χ2v) is 6.48. The van der Waals surface area contributed by atoms with Gasteiger partial charge in [0.1, 0.15) is 0 Å². The molecule has 8 heteroatoms. The van der Waals surface area contributed by atoms with E-state index in [9.17, 15) is 14.9 Å². The Morgan fingerprint density at radius 3 is 2.56 bits per heavy atom. The number of hydrogen-bond donors (Lipinski definition) is 1. The summed E-state index contributed by atoms with van der Waals surface area (Å²) in [4.78, 5) is 22.2. The van der Waals surface area contributed by atoms with Crippen LogP contribution in [-0.4, -0.2) is 27.5 Å². The predicted molar refractivity (Wildman–Crippen MR) is 97.8 cm³/mol. The maximum Gasteiger partial charge on any atom is 0.269 e. The third kappa shape index (κ3) is 4.51. The van der Waals surface area contributed by atoms with Crippen molar-refractivity contribution < 1.29 is 9.72 Å². The number of hydrogen-bond acceptors (Lipinski definition) is 6. The highest BCUT2D eigenvalue weighted by Crippen LogP contribution is 2.24. The fourth-order valence-electron chi connectivity index (χ4n) is 2.24. The van der Waals surface area contributed by atoms with Gasteiger partial charge in [0.15, 0.2) is 5.17 Å². The van der Waals surface area contributed by atoms with Crippen LogP contribution in [-0.2, 0) is 11.2 Å². The lowest BCUT2D eigenvalue weighted by Gasteiger charge is -2.04. The molecule has 126 valence electrons. The normalized spacial score (nSPS) is 18.6. The molecule has 0 bridgehead atoms. The molecule has 2 aromatic carbocycles. The molecule has 1 saturated heterocycles. The number of nitrogens with zero attached hydrogens (tertiary/aromatic N) is 3. The van der Waals surface area contributed by atoms with Crippen molar-refractivity contribution in [2.75, 3.05) is 0 Å². The van der Waals surface area contributed by atoms with Crippen LogP contribution >= 0.6 is 11.8 Å². The molecule has 0 saturated carbocycles. The average molecular weight is 354 g/mol. The van der Waals surface area contributed by atoms with Crippen molar-refractivity contribution >= 4 is 34.7 Å². The molecule has 1 unspecified atom stereocenters. The summed E-state index contributed by atoms with van der Waals surface area (Å²) in [5.74, 6) is -0.142. The van der Waals surface area contributed by atoms with Gasteiger partial charge >= 0.3 is 0 Å². The average Bonchev–Trinajstić information content (AvgIpc) is 2.96. The van der Waals surface area contributed by atoms with Crippen molar-refractivity contribution in [3.8, 4) is 0 Å². The summed E-state index contributed by atoms with van der Waals surface area (Å²) in [6.45, 7) is 0. The standard InChI is InChI=1S/C17H14N4O3S/c22-16-15(10-12-6-8-14(9-7-12)21(23)24)25-17(19-16)20-18-11-13-4-2-1-3-5-13/h1-9,11,15H,10H2,(H,19,20,22)/b18-11+. The van der Waals surface area contributed by atoms with E-state index in [4.69, 9.17) is 0 Å². The van der Waals surface area contributed by atoms with Crippen LogP contribution in [0.4, 0.5) is 5.69 Å². The van der Waals surface area contributed by atoms with Crippen molar-refractivity contribution in [1.82, 2.24) is 5.32 Å². The van der Waals surface area contributed by atoms with Crippen molar-refractivity contribution in [2.24, 2.45) is 10.2 Å². The molecule has 0 radical (unpaired) electrons. The van der Waals surface area contributed by atoms with Crippen LogP contribution in [0.5, 0.6) is 0 Å². The molecule has 0 aliphatic carbocycles. The molecule has 0 spiro atoms. The second kappa shape index (κ2) is 7.71. The zero-order chi connectivity index (χ0) is 17.6. The van der Waals surface area contributed by atoms with Gasteiger partial charge in [-0.2, -0.15) is 5.10 Å². The molecule has 1 N–H and O–H groups in total. The molecule has 25 heavy (non-hydrogen) atoms. The van der Waals surface area contributed by atoms with Gasteiger partial charge in [-0.15, -0.1) is 5.10 Å². The van der Waals surface area contributed by atoms with E-state index < -0.39 is 4.92 Å². The number of carbonyl (C=O) groups is 1. The Hall–Kier alpha value is -3.00. The number of rotatable bonds is 5. The minimum atomic E-state index is -0.448. The second-order valence-electron chi connectivity index (χ2n) is 5.28. The van der Waals surface area contributed by atoms with Crippen LogP contribution in [0.1, 0.15) is 11.1 Å². The Morgan fingerprint density at radius 1 is 1.16 bits per heavy atom. The third-order valence-electron chi connectivity index (χ3n) is 3.50. The number of nitro groups is 1. The van der Waals surface area contributed by atoms with Crippen molar-refractivity contribution in [1.29, 1.82) is 0 Å². The molecule has 1 amide bonds. The molecular weight excluding hydrogens is 340 g/mol. The maximum atomic E-state index is 12.0. The molecule has 7 nitrogen and oxygen atoms in total. The molecule has 1 heterocycles. The van der Waals surface area contributed by atoms with Gasteiger partial charge in [0, 0.05) is 12.1 Å². The minimum absolute atomic E-state index is 0.0322. The lowest BCUT2D eigenvalue weighted by Crippen LogP contribution is -2.25. The van der Waals surface area contributed by atoms with Gasteiger partial charge in [-0.1, -0.05) is 54.2 Å². The van der Waals surface area contributed by atoms with Crippen LogP contribution in [0.25, 0.3) is 0 Å². The van der Waals surface area contributed by atoms with E-state index in [-0.39, 0.29) is 16.8 Å². The number of nitrogens with one attached hydrogen (secondary N) is 1. The van der Waals surface area contributed by atoms with E-state index in [1.807, 2.05) is 30.3 Å². The van der Waals surface area contributed by atoms with Crippen LogP contribution in [0.3, 0.4) is 0 Å². The number of thioether (sulfide) groups is 1. The summed E-state index contributed by atoms with van der Waals surface area (Å²) in [7, 11) is 0. The first-order chi connectivity index (χ1) is 12.1. The molecular formula is C17H14N4O3S. The fourth-order valence-corrected chi connectivity index (χ4v) is 3.21. The monoisotopic (exact) mass is 354 g/mol. The van der Waals surface area contributed by atoms with Crippen LogP contribution < -0.4 is 5.32 Å². The number of non-ortho nitro benzene ring substituents is 1. The molecule has 1 aliphatic heterocycles. The lowest BCUT2D eigenvalue weighted by atomic mass is 10.1. The van der Waals surface area contributed by atoms with E-state index in [1.54, 1.807) is 18.3 Å². The Labute approximate surface area is 148 Å². The highest BCUT2D eigenvalue weighted by atomic mass is 32.2. The Bertz CT molecular complexity index is 835. The van der Waals surface area contributed by atoms with E-state index in [0.717, 1.165) is 11.1 Å². The summed E-state index contributed by atoms with van der Waals surface area (Å²) < 4.78 is 0. The first kappa shape index (κ1) is 16.8. The van der Waals surface area contributed by atoms with Gasteiger partial charge in [0.25, 0.3) is 5.69 Å². The molecule has 3 rings (SSSR count). The van der Waals surface area contributed by atoms with Crippen molar-refractivity contribution in [3.63, 3.8) is 0 Å². The van der Waals surface area contributed by atoms with Gasteiger partial charge in [-0.25, -0.2) is 0 Å². The smallest absolute Gasteiger partial charge is 0.269 e. The van der Waals surface area contributed by atoms with Crippen LogP contribution in [0, 0.1) is 10.1 Å². The SMILES string of the molecule is O=C1N/C(=N/N=C/c2ccccc2)SC1Cc1ccc([N+](=O)[O-])cc1. The van der Waals surface area contributed by atoms with Gasteiger partial charge in [0.05, 0.1) is 16.4 Å². The molecule has 1 atom stereocenters. The minimum Gasteiger partial charge on any atom is -0.303 e. The predicted octanol–water partition coefficient (Wildman–Crippen LogP) is 2.76. The number of nitro benzene ring substituents is 1. The van der Waals surface area contributed by atoms with E-state index in [2.05, 4.69) is 15.5 Å². The van der Waals surface area contributed by atoms with Crippen LogP contribution in [0.15, 0.2) is 64.8 Å². The summed E-state index contributed by atoms with van der Waals surface area (Å²) >= 11 is 1.30. The quantitative estimate of drug-likeness (QED) is 0.507. The summed E-state index contributed by atoms with van der Waals surface area (Å²) in [5, 5.41) is 21.5. The maximum absolute atomic E-state index is 12.0. The lowest BCUT2D eigenvalue weighted by molar-refractivity contribution is -0.384. The topological polar surface area (TPSA) is 97.0 Å². The Balaban J connectivity index is 1.61. The van der Waals surface area contributed by atoms with Crippen molar-refractivity contribution in [3.05, 3.63) is 75.8 Å². The van der Waals surface area contributed by atoms with Crippen molar-refractivity contribution in [2.45, 2.75) is 11.7 Å².